The quantitative estimate of drug-likeness (QED) is 0.192. The fraction of sp³-hybridized carbons (Fsp3) is 0.0217. The van der Waals surface area contributed by atoms with Crippen LogP contribution in [0.1, 0.15) is 22.3 Å². The predicted octanol–water partition coefficient (Wildman–Crippen LogP) is 11.0. The highest BCUT2D eigenvalue weighted by Crippen LogP contribution is 2.62. The first kappa shape index (κ1) is 28.4. The average Bonchev–Trinajstić information content (AvgIpc) is 3.49. The first-order valence-electron chi connectivity index (χ1n) is 16.9. The Balaban J connectivity index is 1.15. The van der Waals surface area contributed by atoms with Crippen molar-refractivity contribution < 1.29 is 4.74 Å². The number of nitrogens with zero attached hydrogens (tertiary/aromatic N) is 3. The van der Waals surface area contributed by atoms with Gasteiger partial charge in [0.15, 0.2) is 17.5 Å². The molecule has 0 unspecified atom stereocenters. The molecule has 2 heterocycles. The number of ether oxygens (including phenoxy) is 1. The van der Waals surface area contributed by atoms with Gasteiger partial charge in [0, 0.05) is 27.8 Å². The summed E-state index contributed by atoms with van der Waals surface area (Å²) in [6.07, 6.45) is 0. The Morgan fingerprint density at radius 2 is 0.740 bits per heavy atom. The zero-order valence-corrected chi connectivity index (χ0v) is 27.0. The third-order valence-corrected chi connectivity index (χ3v) is 10.0. The molecule has 234 valence electrons. The summed E-state index contributed by atoms with van der Waals surface area (Å²) in [6, 6.07) is 61.3. The Hall–Kier alpha value is -6.65. The van der Waals surface area contributed by atoms with Crippen molar-refractivity contribution in [2.75, 3.05) is 0 Å². The highest BCUT2D eigenvalue weighted by atomic mass is 16.5. The third kappa shape index (κ3) is 4.28. The van der Waals surface area contributed by atoms with Crippen molar-refractivity contribution in [2.24, 2.45) is 0 Å². The van der Waals surface area contributed by atoms with E-state index in [0.29, 0.717) is 17.5 Å². The lowest BCUT2D eigenvalue weighted by atomic mass is 9.66. The van der Waals surface area contributed by atoms with E-state index >= 15 is 0 Å². The number of benzene rings is 7. The summed E-state index contributed by atoms with van der Waals surface area (Å²) in [5.74, 6) is 3.48. The number of fused-ring (bicyclic) bond motifs is 9. The van der Waals surface area contributed by atoms with Crippen LogP contribution < -0.4 is 4.74 Å². The van der Waals surface area contributed by atoms with Gasteiger partial charge in [0.1, 0.15) is 11.5 Å². The standard InChI is InChI=1S/C46H29N3O/c1-3-13-30(14-4-1)31-23-25-33(26-24-31)44-47-43(32-15-5-2-6-16-32)48-45(49-44)34-27-28-40-42(29-34)50-41-22-12-11-21-39(41)46(40)37-19-9-7-17-35(37)36-18-8-10-20-38(36)46/h1-29H. The molecule has 0 N–H and O–H groups in total. The SMILES string of the molecule is c1ccc(-c2ccc(-c3nc(-c4ccccc4)nc(-c4ccc5c(c4)Oc4ccccc4C54c5ccccc5-c5ccccc54)n3)cc2)cc1. The lowest BCUT2D eigenvalue weighted by Crippen LogP contribution is -2.32. The average molecular weight is 640 g/mol. The van der Waals surface area contributed by atoms with Gasteiger partial charge in [-0.3, -0.25) is 0 Å². The molecule has 0 atom stereocenters. The molecule has 8 aromatic rings. The molecule has 0 fully saturated rings. The van der Waals surface area contributed by atoms with E-state index < -0.39 is 5.41 Å². The molecule has 0 saturated carbocycles. The van der Waals surface area contributed by atoms with E-state index in [-0.39, 0.29) is 0 Å². The van der Waals surface area contributed by atoms with Crippen LogP contribution in [0.3, 0.4) is 0 Å². The Morgan fingerprint density at radius 3 is 1.38 bits per heavy atom. The Morgan fingerprint density at radius 1 is 0.320 bits per heavy atom. The number of para-hydroxylation sites is 1. The third-order valence-electron chi connectivity index (χ3n) is 10.0. The lowest BCUT2D eigenvalue weighted by Gasteiger charge is -2.39. The van der Waals surface area contributed by atoms with Gasteiger partial charge in [0.2, 0.25) is 0 Å². The molecule has 7 aromatic carbocycles. The molecule has 0 saturated heterocycles. The first-order valence-corrected chi connectivity index (χ1v) is 16.9. The lowest BCUT2D eigenvalue weighted by molar-refractivity contribution is 0.436. The molecule has 1 aromatic heterocycles. The van der Waals surface area contributed by atoms with E-state index in [1.165, 1.54) is 27.8 Å². The van der Waals surface area contributed by atoms with Gasteiger partial charge in [-0.1, -0.05) is 164 Å². The molecule has 1 spiro atoms. The number of hydrogen-bond donors (Lipinski definition) is 0. The van der Waals surface area contributed by atoms with E-state index in [0.717, 1.165) is 44.9 Å². The van der Waals surface area contributed by atoms with Gasteiger partial charge in [-0.15, -0.1) is 0 Å². The highest BCUT2D eigenvalue weighted by Gasteiger charge is 2.50. The summed E-state index contributed by atoms with van der Waals surface area (Å²) < 4.78 is 6.77. The van der Waals surface area contributed by atoms with Crippen LogP contribution in [-0.2, 0) is 5.41 Å². The zero-order chi connectivity index (χ0) is 33.1. The van der Waals surface area contributed by atoms with Crippen molar-refractivity contribution in [3.05, 3.63) is 198 Å². The minimum absolute atomic E-state index is 0.518. The molecule has 2 aliphatic rings. The van der Waals surface area contributed by atoms with Gasteiger partial charge < -0.3 is 4.74 Å². The topological polar surface area (TPSA) is 47.9 Å². The van der Waals surface area contributed by atoms with Crippen LogP contribution in [0.15, 0.2) is 176 Å². The summed E-state index contributed by atoms with van der Waals surface area (Å²) in [5.41, 5.74) is 11.8. The van der Waals surface area contributed by atoms with Crippen LogP contribution >= 0.6 is 0 Å². The second-order valence-electron chi connectivity index (χ2n) is 12.8. The number of aromatic nitrogens is 3. The van der Waals surface area contributed by atoms with Crippen LogP contribution in [0, 0.1) is 0 Å². The minimum Gasteiger partial charge on any atom is -0.457 e. The van der Waals surface area contributed by atoms with Crippen LogP contribution in [0.2, 0.25) is 0 Å². The summed E-state index contributed by atoms with van der Waals surface area (Å²) >= 11 is 0. The summed E-state index contributed by atoms with van der Waals surface area (Å²) in [7, 11) is 0. The maximum atomic E-state index is 6.77. The molecule has 4 heteroatoms. The van der Waals surface area contributed by atoms with E-state index in [1.54, 1.807) is 0 Å². The normalized spacial score (nSPS) is 13.1. The van der Waals surface area contributed by atoms with Crippen molar-refractivity contribution in [3.8, 4) is 67.9 Å². The molecular formula is C46H29N3O. The molecule has 1 aliphatic carbocycles. The smallest absolute Gasteiger partial charge is 0.164 e. The minimum atomic E-state index is -0.518. The van der Waals surface area contributed by atoms with Gasteiger partial charge in [-0.2, -0.15) is 0 Å². The van der Waals surface area contributed by atoms with Crippen molar-refractivity contribution >= 4 is 0 Å². The van der Waals surface area contributed by atoms with Gasteiger partial charge in [0.05, 0.1) is 5.41 Å². The van der Waals surface area contributed by atoms with Crippen LogP contribution in [0.5, 0.6) is 11.5 Å². The molecule has 0 amide bonds. The van der Waals surface area contributed by atoms with Crippen molar-refractivity contribution in [2.45, 2.75) is 5.41 Å². The molecule has 10 rings (SSSR count). The van der Waals surface area contributed by atoms with E-state index in [9.17, 15) is 0 Å². The van der Waals surface area contributed by atoms with Crippen molar-refractivity contribution in [3.63, 3.8) is 0 Å². The second-order valence-corrected chi connectivity index (χ2v) is 12.8. The monoisotopic (exact) mass is 639 g/mol. The summed E-state index contributed by atoms with van der Waals surface area (Å²) in [6.45, 7) is 0. The van der Waals surface area contributed by atoms with Gasteiger partial charge in [-0.25, -0.2) is 15.0 Å². The van der Waals surface area contributed by atoms with Crippen LogP contribution in [0.25, 0.3) is 56.4 Å². The summed E-state index contributed by atoms with van der Waals surface area (Å²) in [5, 5.41) is 0. The Bertz CT molecular complexity index is 2520. The van der Waals surface area contributed by atoms with Crippen molar-refractivity contribution in [1.29, 1.82) is 0 Å². The Kier molecular flexibility index (Phi) is 6.36. The largest absolute Gasteiger partial charge is 0.457 e. The predicted molar refractivity (Wildman–Crippen MR) is 199 cm³/mol. The molecule has 4 nitrogen and oxygen atoms in total. The van der Waals surface area contributed by atoms with E-state index in [2.05, 4.69) is 133 Å². The Labute approximate surface area is 290 Å². The first-order chi connectivity index (χ1) is 24.8. The van der Waals surface area contributed by atoms with Gasteiger partial charge in [-0.05, 0) is 45.5 Å². The zero-order valence-electron chi connectivity index (χ0n) is 27.0. The number of rotatable bonds is 4. The molecule has 0 bridgehead atoms. The maximum absolute atomic E-state index is 6.77. The number of hydrogen-bond acceptors (Lipinski definition) is 4. The summed E-state index contributed by atoms with van der Waals surface area (Å²) in [4.78, 5) is 15.1. The van der Waals surface area contributed by atoms with Crippen LogP contribution in [-0.4, -0.2) is 15.0 Å². The fourth-order valence-corrected chi connectivity index (χ4v) is 7.79. The molecular weight excluding hydrogens is 611 g/mol. The van der Waals surface area contributed by atoms with Crippen LogP contribution in [0.4, 0.5) is 0 Å². The molecule has 50 heavy (non-hydrogen) atoms. The highest BCUT2D eigenvalue weighted by molar-refractivity contribution is 5.89. The molecule has 0 radical (unpaired) electrons. The van der Waals surface area contributed by atoms with E-state index in [4.69, 9.17) is 19.7 Å². The van der Waals surface area contributed by atoms with Crippen molar-refractivity contribution in [1.82, 2.24) is 15.0 Å². The van der Waals surface area contributed by atoms with Gasteiger partial charge >= 0.3 is 0 Å². The fourth-order valence-electron chi connectivity index (χ4n) is 7.79. The molecule has 1 aliphatic heterocycles. The van der Waals surface area contributed by atoms with E-state index in [1.807, 2.05) is 42.5 Å². The van der Waals surface area contributed by atoms with Gasteiger partial charge in [0.25, 0.3) is 0 Å². The maximum Gasteiger partial charge on any atom is 0.164 e. The second kappa shape index (κ2) is 11.2.